The summed E-state index contributed by atoms with van der Waals surface area (Å²) in [5, 5.41) is 0. The summed E-state index contributed by atoms with van der Waals surface area (Å²) in [6.45, 7) is 2.44. The highest BCUT2D eigenvalue weighted by atomic mass is 16.5. The molecule has 2 aliphatic heterocycles. The van der Waals surface area contributed by atoms with Crippen LogP contribution in [0, 0.1) is 0 Å². The first-order valence-electron chi connectivity index (χ1n) is 13.8. The topological polar surface area (TPSA) is 90.0 Å². The molecule has 0 aliphatic carbocycles. The first-order chi connectivity index (χ1) is 20.3. The van der Waals surface area contributed by atoms with Crippen molar-refractivity contribution in [3.8, 4) is 28.7 Å². The van der Waals surface area contributed by atoms with Crippen LogP contribution in [0.3, 0.4) is 0 Å². The Labute approximate surface area is 246 Å². The number of carbonyl (C=O) groups is 2. The molecule has 1 saturated heterocycles. The monoisotopic (exact) mass is 575 g/mol. The van der Waals surface area contributed by atoms with Gasteiger partial charge in [0, 0.05) is 44.5 Å². The van der Waals surface area contributed by atoms with Gasteiger partial charge in [-0.2, -0.15) is 0 Å². The maximum atomic E-state index is 14.5. The summed E-state index contributed by atoms with van der Waals surface area (Å²) in [6, 6.07) is 16.3. The number of nitrogens with zero attached hydrogens (tertiary/aromatic N) is 3. The van der Waals surface area contributed by atoms with E-state index < -0.39 is 12.0 Å². The van der Waals surface area contributed by atoms with Crippen molar-refractivity contribution >= 4 is 17.5 Å². The van der Waals surface area contributed by atoms with Crippen molar-refractivity contribution in [3.63, 3.8) is 0 Å². The quantitative estimate of drug-likeness (QED) is 0.399. The smallest absolute Gasteiger partial charge is 0.254 e. The summed E-state index contributed by atoms with van der Waals surface area (Å²) in [4.78, 5) is 34.1. The fourth-order valence-corrected chi connectivity index (χ4v) is 5.94. The van der Waals surface area contributed by atoms with Crippen molar-refractivity contribution in [2.24, 2.45) is 0 Å². The molecule has 2 atom stereocenters. The van der Waals surface area contributed by atoms with E-state index in [1.165, 1.54) is 7.11 Å². The molecule has 10 heteroatoms. The number of amides is 2. The molecule has 0 spiro atoms. The highest BCUT2D eigenvalue weighted by Gasteiger charge is 2.45. The molecule has 0 saturated carbocycles. The van der Waals surface area contributed by atoms with Crippen LogP contribution in [0.5, 0.6) is 28.7 Å². The lowest BCUT2D eigenvalue weighted by Gasteiger charge is -2.43. The van der Waals surface area contributed by atoms with Gasteiger partial charge in [-0.05, 0) is 59.7 Å². The zero-order valence-corrected chi connectivity index (χ0v) is 24.9. The van der Waals surface area contributed by atoms with Crippen LogP contribution in [0.4, 0.5) is 5.69 Å². The Kier molecular flexibility index (Phi) is 8.33. The molecule has 42 heavy (non-hydrogen) atoms. The Morgan fingerprint density at radius 1 is 0.714 bits per heavy atom. The standard InChI is InChI=1S/C32H37N3O7/c1-33-30(20-7-12-25(39-3)26(17-20)40-4)29(23-18-27(41-5)28(42-6)19-24(23)31(33)36)32(37)35-15-13-34(14-16-35)21-8-10-22(38-2)11-9-21/h7-12,17-19,29-30H,13-16H2,1-6H3/t29-,30-/m1/s1. The maximum absolute atomic E-state index is 14.5. The third-order valence-electron chi connectivity index (χ3n) is 8.22. The predicted octanol–water partition coefficient (Wildman–Crippen LogP) is 3.99. The van der Waals surface area contributed by atoms with E-state index in [4.69, 9.17) is 23.7 Å². The van der Waals surface area contributed by atoms with Crippen LogP contribution in [-0.2, 0) is 4.79 Å². The van der Waals surface area contributed by atoms with E-state index in [9.17, 15) is 9.59 Å². The van der Waals surface area contributed by atoms with Gasteiger partial charge in [0.15, 0.2) is 23.0 Å². The molecule has 0 unspecified atom stereocenters. The number of ether oxygens (including phenoxy) is 5. The number of anilines is 1. The summed E-state index contributed by atoms with van der Waals surface area (Å²) >= 11 is 0. The minimum atomic E-state index is -0.687. The van der Waals surface area contributed by atoms with E-state index in [1.807, 2.05) is 41.3 Å². The number of likely N-dealkylation sites (N-methyl/N-ethyl adjacent to an activating group) is 1. The molecule has 0 radical (unpaired) electrons. The lowest BCUT2D eigenvalue weighted by Crippen LogP contribution is -2.53. The van der Waals surface area contributed by atoms with Gasteiger partial charge in [0.2, 0.25) is 5.91 Å². The second kappa shape index (κ2) is 12.1. The molecular formula is C32H37N3O7. The van der Waals surface area contributed by atoms with Crippen molar-refractivity contribution < 1.29 is 33.3 Å². The van der Waals surface area contributed by atoms with Crippen molar-refractivity contribution in [1.29, 1.82) is 0 Å². The normalized spacial score (nSPS) is 18.3. The highest BCUT2D eigenvalue weighted by molar-refractivity contribution is 6.02. The third kappa shape index (κ3) is 5.13. The van der Waals surface area contributed by atoms with E-state index >= 15 is 0 Å². The minimum Gasteiger partial charge on any atom is -0.497 e. The van der Waals surface area contributed by atoms with Gasteiger partial charge in [-0.25, -0.2) is 0 Å². The molecule has 3 aromatic rings. The highest BCUT2D eigenvalue weighted by Crippen LogP contribution is 2.47. The van der Waals surface area contributed by atoms with Gasteiger partial charge >= 0.3 is 0 Å². The maximum Gasteiger partial charge on any atom is 0.254 e. The van der Waals surface area contributed by atoms with Gasteiger partial charge in [0.25, 0.3) is 5.91 Å². The summed E-state index contributed by atoms with van der Waals surface area (Å²) in [5.74, 6) is 1.83. The van der Waals surface area contributed by atoms with Gasteiger partial charge in [-0.3, -0.25) is 9.59 Å². The Morgan fingerprint density at radius 2 is 1.31 bits per heavy atom. The van der Waals surface area contributed by atoms with Crippen LogP contribution in [0.2, 0.25) is 0 Å². The Balaban J connectivity index is 1.53. The van der Waals surface area contributed by atoms with Gasteiger partial charge in [-0.15, -0.1) is 0 Å². The van der Waals surface area contributed by atoms with Crippen LogP contribution in [-0.4, -0.2) is 90.4 Å². The van der Waals surface area contributed by atoms with E-state index in [1.54, 1.807) is 58.6 Å². The average Bonchev–Trinajstić information content (AvgIpc) is 3.05. The Hall–Kier alpha value is -4.60. The molecule has 0 bridgehead atoms. The summed E-state index contributed by atoms with van der Waals surface area (Å²) in [5.41, 5.74) is 2.87. The van der Waals surface area contributed by atoms with Crippen molar-refractivity contribution in [3.05, 3.63) is 71.3 Å². The molecule has 2 aliphatic rings. The number of hydrogen-bond donors (Lipinski definition) is 0. The first kappa shape index (κ1) is 28.9. The second-order valence-electron chi connectivity index (χ2n) is 10.3. The van der Waals surface area contributed by atoms with Gasteiger partial charge in [0.1, 0.15) is 5.75 Å². The average molecular weight is 576 g/mol. The molecular weight excluding hydrogens is 538 g/mol. The summed E-state index contributed by atoms with van der Waals surface area (Å²) < 4.78 is 27.4. The predicted molar refractivity (Wildman–Crippen MR) is 158 cm³/mol. The number of carbonyl (C=O) groups excluding carboxylic acids is 2. The Bertz CT molecular complexity index is 1450. The van der Waals surface area contributed by atoms with E-state index in [-0.39, 0.29) is 11.8 Å². The summed E-state index contributed by atoms with van der Waals surface area (Å²) in [7, 11) is 9.58. The lowest BCUT2D eigenvalue weighted by atomic mass is 9.78. The van der Waals surface area contributed by atoms with Crippen molar-refractivity contribution in [1.82, 2.24) is 9.80 Å². The van der Waals surface area contributed by atoms with E-state index in [0.717, 1.165) is 17.0 Å². The molecule has 3 aromatic carbocycles. The molecule has 222 valence electrons. The third-order valence-corrected chi connectivity index (χ3v) is 8.22. The van der Waals surface area contributed by atoms with Gasteiger partial charge in [0.05, 0.1) is 47.5 Å². The second-order valence-corrected chi connectivity index (χ2v) is 10.3. The van der Waals surface area contributed by atoms with Crippen LogP contribution >= 0.6 is 0 Å². The van der Waals surface area contributed by atoms with E-state index in [2.05, 4.69) is 4.90 Å². The van der Waals surface area contributed by atoms with Crippen molar-refractivity contribution in [2.45, 2.75) is 12.0 Å². The van der Waals surface area contributed by atoms with Gasteiger partial charge < -0.3 is 38.4 Å². The molecule has 5 rings (SSSR count). The minimum absolute atomic E-state index is 0.0583. The lowest BCUT2D eigenvalue weighted by molar-refractivity contribution is -0.134. The zero-order chi connectivity index (χ0) is 30.0. The number of piperazine rings is 1. The SMILES string of the molecule is COc1ccc(N2CCN(C(=O)[C@@H]3c4cc(OC)c(OC)cc4C(=O)N(C)[C@@H]3c3ccc(OC)c(OC)c3)CC2)cc1. The molecule has 0 aromatic heterocycles. The molecule has 2 heterocycles. The van der Waals surface area contributed by atoms with Crippen LogP contribution < -0.4 is 28.6 Å². The molecule has 2 amide bonds. The number of methoxy groups -OCH3 is 5. The van der Waals surface area contributed by atoms with Crippen LogP contribution in [0.15, 0.2) is 54.6 Å². The molecule has 1 fully saturated rings. The Morgan fingerprint density at radius 3 is 1.90 bits per heavy atom. The van der Waals surface area contributed by atoms with Crippen LogP contribution in [0.1, 0.15) is 33.4 Å². The largest absolute Gasteiger partial charge is 0.497 e. The first-order valence-corrected chi connectivity index (χ1v) is 13.8. The number of fused-ring (bicyclic) bond motifs is 1. The summed E-state index contributed by atoms with van der Waals surface area (Å²) in [6.07, 6.45) is 0. The zero-order valence-electron chi connectivity index (χ0n) is 24.9. The molecule has 0 N–H and O–H groups in total. The number of benzene rings is 3. The fourth-order valence-electron chi connectivity index (χ4n) is 5.94. The van der Waals surface area contributed by atoms with Crippen molar-refractivity contribution in [2.75, 3.05) is 73.7 Å². The number of rotatable bonds is 8. The van der Waals surface area contributed by atoms with E-state index in [0.29, 0.717) is 60.3 Å². The molecule has 10 nitrogen and oxygen atoms in total. The fraction of sp³-hybridized carbons (Fsp3) is 0.375. The number of hydrogen-bond acceptors (Lipinski definition) is 8. The van der Waals surface area contributed by atoms with Gasteiger partial charge in [-0.1, -0.05) is 6.07 Å². The van der Waals surface area contributed by atoms with Crippen LogP contribution in [0.25, 0.3) is 0 Å².